The van der Waals surface area contributed by atoms with E-state index in [1.165, 1.54) is 16.8 Å². The van der Waals surface area contributed by atoms with Crippen molar-refractivity contribution in [2.45, 2.75) is 32.7 Å². The van der Waals surface area contributed by atoms with Crippen LogP contribution in [-0.4, -0.2) is 57.7 Å². The Bertz CT molecular complexity index is 694. The van der Waals surface area contributed by atoms with Gasteiger partial charge < -0.3 is 10.2 Å². The second-order valence-electron chi connectivity index (χ2n) is 6.73. The number of nitrogens with zero attached hydrogens (tertiary/aromatic N) is 5. The molecule has 1 fully saturated rings. The van der Waals surface area contributed by atoms with Crippen molar-refractivity contribution in [1.29, 1.82) is 0 Å². The third-order valence-corrected chi connectivity index (χ3v) is 4.81. The van der Waals surface area contributed by atoms with Crippen molar-refractivity contribution in [3.63, 3.8) is 0 Å². The molecule has 142 valence electrons. The number of rotatable bonds is 6. The highest BCUT2D eigenvalue weighted by molar-refractivity contribution is 5.85. The molecule has 0 saturated carbocycles. The van der Waals surface area contributed by atoms with Gasteiger partial charge in [0.25, 0.3) is 0 Å². The highest BCUT2D eigenvalue weighted by atomic mass is 35.5. The van der Waals surface area contributed by atoms with Crippen LogP contribution in [0.4, 0.5) is 0 Å². The van der Waals surface area contributed by atoms with E-state index < -0.39 is 0 Å². The summed E-state index contributed by atoms with van der Waals surface area (Å²) >= 11 is 0. The minimum atomic E-state index is 0. The molecule has 1 aliphatic heterocycles. The average molecular weight is 379 g/mol. The highest BCUT2D eigenvalue weighted by Crippen LogP contribution is 2.20. The van der Waals surface area contributed by atoms with Gasteiger partial charge >= 0.3 is 0 Å². The molecular weight excluding hydrogens is 352 g/mol. The SMILES string of the molecule is CNCCC1CCN(C(=O)Cn2nnc(-c3ccc(C)cc3)n2)CC1.Cl. The molecule has 0 bridgehead atoms. The molecule has 1 saturated heterocycles. The molecule has 0 unspecified atom stereocenters. The van der Waals surface area contributed by atoms with Crippen LogP contribution >= 0.6 is 12.4 Å². The van der Waals surface area contributed by atoms with Crippen LogP contribution in [-0.2, 0) is 11.3 Å². The van der Waals surface area contributed by atoms with Crippen LogP contribution in [0.25, 0.3) is 11.4 Å². The number of piperidine rings is 1. The van der Waals surface area contributed by atoms with E-state index in [1.54, 1.807) is 0 Å². The first kappa shape index (κ1) is 20.3. The zero-order valence-corrected chi connectivity index (χ0v) is 16.2. The van der Waals surface area contributed by atoms with Crippen LogP contribution in [0.1, 0.15) is 24.8 Å². The van der Waals surface area contributed by atoms with Crippen LogP contribution in [0, 0.1) is 12.8 Å². The molecule has 7 nitrogen and oxygen atoms in total. The van der Waals surface area contributed by atoms with Crippen LogP contribution in [0.2, 0.25) is 0 Å². The second-order valence-corrected chi connectivity index (χ2v) is 6.73. The standard InChI is InChI=1S/C18H26N6O.ClH/c1-14-3-5-16(6-4-14)18-20-22-24(21-18)13-17(25)23-11-8-15(9-12-23)7-10-19-2;/h3-6,15,19H,7-13H2,1-2H3;1H. The molecule has 2 heterocycles. The Morgan fingerprint density at radius 1 is 1.23 bits per heavy atom. The van der Waals surface area contributed by atoms with E-state index in [4.69, 9.17) is 0 Å². The van der Waals surface area contributed by atoms with E-state index >= 15 is 0 Å². The monoisotopic (exact) mass is 378 g/mol. The Labute approximate surface area is 160 Å². The Kier molecular flexibility index (Phi) is 7.53. The number of aryl methyl sites for hydroxylation is 1. The Morgan fingerprint density at radius 2 is 1.92 bits per heavy atom. The molecule has 0 radical (unpaired) electrons. The lowest BCUT2D eigenvalue weighted by atomic mass is 9.93. The van der Waals surface area contributed by atoms with Gasteiger partial charge in [-0.2, -0.15) is 4.80 Å². The van der Waals surface area contributed by atoms with Gasteiger partial charge in [-0.05, 0) is 50.9 Å². The fraction of sp³-hybridized carbons (Fsp3) is 0.556. The summed E-state index contributed by atoms with van der Waals surface area (Å²) in [6.45, 7) is 4.89. The summed E-state index contributed by atoms with van der Waals surface area (Å²) in [6, 6.07) is 7.96. The number of benzene rings is 1. The van der Waals surface area contributed by atoms with E-state index in [9.17, 15) is 4.79 Å². The van der Waals surface area contributed by atoms with Gasteiger partial charge in [0, 0.05) is 18.7 Å². The molecule has 0 aliphatic carbocycles. The number of likely N-dealkylation sites (tertiary alicyclic amines) is 1. The van der Waals surface area contributed by atoms with Crippen molar-refractivity contribution in [1.82, 2.24) is 30.4 Å². The molecule has 26 heavy (non-hydrogen) atoms. The van der Waals surface area contributed by atoms with Gasteiger partial charge in [0.15, 0.2) is 0 Å². The molecule has 1 N–H and O–H groups in total. The first-order valence-corrected chi connectivity index (χ1v) is 8.93. The summed E-state index contributed by atoms with van der Waals surface area (Å²) in [5.74, 6) is 1.34. The molecular formula is C18H27ClN6O. The Morgan fingerprint density at radius 3 is 2.58 bits per heavy atom. The number of amides is 1. The highest BCUT2D eigenvalue weighted by Gasteiger charge is 2.23. The van der Waals surface area contributed by atoms with Crippen LogP contribution in [0.3, 0.4) is 0 Å². The van der Waals surface area contributed by atoms with Crippen LogP contribution < -0.4 is 5.32 Å². The molecule has 8 heteroatoms. The molecule has 0 spiro atoms. The summed E-state index contributed by atoms with van der Waals surface area (Å²) in [5, 5.41) is 15.6. The lowest BCUT2D eigenvalue weighted by Gasteiger charge is -2.31. The minimum Gasteiger partial charge on any atom is -0.341 e. The second kappa shape index (κ2) is 9.64. The first-order valence-electron chi connectivity index (χ1n) is 8.93. The minimum absolute atomic E-state index is 0. The summed E-state index contributed by atoms with van der Waals surface area (Å²) in [7, 11) is 1.98. The first-order chi connectivity index (χ1) is 12.2. The Hall–Kier alpha value is -1.99. The number of aromatic nitrogens is 4. The average Bonchev–Trinajstić information content (AvgIpc) is 3.09. The maximum atomic E-state index is 12.5. The normalized spacial score (nSPS) is 14.9. The molecule has 1 aromatic heterocycles. The van der Waals surface area contributed by atoms with E-state index in [1.807, 2.05) is 43.1 Å². The quantitative estimate of drug-likeness (QED) is 0.831. The van der Waals surface area contributed by atoms with Gasteiger partial charge in [-0.1, -0.05) is 29.8 Å². The smallest absolute Gasteiger partial charge is 0.246 e. The van der Waals surface area contributed by atoms with E-state index in [0.717, 1.165) is 38.0 Å². The molecule has 1 amide bonds. The van der Waals surface area contributed by atoms with Crippen molar-refractivity contribution in [3.8, 4) is 11.4 Å². The number of carbonyl (C=O) groups excluding carboxylic acids is 1. The lowest BCUT2D eigenvalue weighted by molar-refractivity contribution is -0.133. The van der Waals surface area contributed by atoms with Gasteiger partial charge in [-0.25, -0.2) is 0 Å². The van der Waals surface area contributed by atoms with Crippen LogP contribution in [0.15, 0.2) is 24.3 Å². The number of nitrogens with one attached hydrogen (secondary N) is 1. The predicted octanol–water partition coefficient (Wildman–Crippen LogP) is 1.92. The number of carbonyl (C=O) groups is 1. The van der Waals surface area contributed by atoms with Crippen molar-refractivity contribution < 1.29 is 4.79 Å². The molecule has 3 rings (SSSR count). The maximum Gasteiger partial charge on any atom is 0.246 e. The molecule has 1 aromatic carbocycles. The fourth-order valence-electron chi connectivity index (χ4n) is 3.17. The van der Waals surface area contributed by atoms with Gasteiger partial charge in [0.05, 0.1) is 0 Å². The fourth-order valence-corrected chi connectivity index (χ4v) is 3.17. The zero-order valence-electron chi connectivity index (χ0n) is 15.4. The summed E-state index contributed by atoms with van der Waals surface area (Å²) in [4.78, 5) is 15.8. The van der Waals surface area contributed by atoms with Gasteiger partial charge in [-0.3, -0.25) is 4.79 Å². The summed E-state index contributed by atoms with van der Waals surface area (Å²) in [5.41, 5.74) is 2.10. The van der Waals surface area contributed by atoms with Gasteiger partial charge in [-0.15, -0.1) is 22.6 Å². The third kappa shape index (κ3) is 5.25. The van der Waals surface area contributed by atoms with E-state index in [2.05, 4.69) is 20.7 Å². The Balaban J connectivity index is 0.00000243. The molecule has 2 aromatic rings. The number of tetrazole rings is 1. The number of hydrogen-bond acceptors (Lipinski definition) is 5. The topological polar surface area (TPSA) is 75.9 Å². The lowest BCUT2D eigenvalue weighted by Crippen LogP contribution is -2.40. The van der Waals surface area contributed by atoms with Gasteiger partial charge in [0.2, 0.25) is 11.7 Å². The van der Waals surface area contributed by atoms with Crippen molar-refractivity contribution in [2.75, 3.05) is 26.7 Å². The summed E-state index contributed by atoms with van der Waals surface area (Å²) in [6.07, 6.45) is 3.34. The van der Waals surface area contributed by atoms with Gasteiger partial charge in [0.1, 0.15) is 6.54 Å². The van der Waals surface area contributed by atoms with E-state index in [0.29, 0.717) is 11.7 Å². The largest absolute Gasteiger partial charge is 0.341 e. The van der Waals surface area contributed by atoms with Crippen molar-refractivity contribution in [3.05, 3.63) is 29.8 Å². The molecule has 0 atom stereocenters. The van der Waals surface area contributed by atoms with Crippen molar-refractivity contribution in [2.24, 2.45) is 5.92 Å². The zero-order chi connectivity index (χ0) is 17.6. The predicted molar refractivity (Wildman–Crippen MR) is 103 cm³/mol. The maximum absolute atomic E-state index is 12.5. The number of hydrogen-bond donors (Lipinski definition) is 1. The van der Waals surface area contributed by atoms with Crippen LogP contribution in [0.5, 0.6) is 0 Å². The molecule has 1 aliphatic rings. The van der Waals surface area contributed by atoms with E-state index in [-0.39, 0.29) is 24.9 Å². The summed E-state index contributed by atoms with van der Waals surface area (Å²) < 4.78 is 0. The third-order valence-electron chi connectivity index (χ3n) is 4.81. The number of halogens is 1. The van der Waals surface area contributed by atoms with Crippen molar-refractivity contribution >= 4 is 18.3 Å².